The van der Waals surface area contributed by atoms with Crippen LogP contribution in [0.25, 0.3) is 0 Å². The summed E-state index contributed by atoms with van der Waals surface area (Å²) in [6.07, 6.45) is -1.98. The molecule has 5 aliphatic rings. The lowest BCUT2D eigenvalue weighted by Crippen LogP contribution is -2.69. The van der Waals surface area contributed by atoms with Crippen LogP contribution in [0.2, 0.25) is 0 Å². The Bertz CT molecular complexity index is 556. The topological polar surface area (TPSA) is 91.8 Å². The fraction of sp³-hybridized carbons (Fsp3) is 0.933. The average Bonchev–Trinajstić information content (AvgIpc) is 3.27. The number of fused-ring (bicyclic) bond motifs is 8. The smallest absolute Gasteiger partial charge is 0.312 e. The van der Waals surface area contributed by atoms with Gasteiger partial charge in [-0.15, -0.1) is 0 Å². The maximum Gasteiger partial charge on any atom is 0.312 e. The molecule has 5 rings (SSSR count). The highest BCUT2D eigenvalue weighted by Crippen LogP contribution is 2.74. The van der Waals surface area contributed by atoms with Gasteiger partial charge < -0.3 is 24.4 Å². The molecule has 3 heterocycles. The van der Waals surface area contributed by atoms with Crippen molar-refractivity contribution in [1.29, 1.82) is 0 Å². The Kier molecular flexibility index (Phi) is 1.92. The number of carbonyl (C=O) groups excluding carboxylic acids is 1. The molecule has 2 N–H and O–H groups in total. The summed E-state index contributed by atoms with van der Waals surface area (Å²) in [4.78, 5) is 12.4. The Balaban J connectivity index is 1.71. The number of epoxide rings is 2. The monoisotopic (exact) mass is 296 g/mol. The van der Waals surface area contributed by atoms with E-state index in [0.717, 1.165) is 0 Å². The van der Waals surface area contributed by atoms with E-state index in [1.807, 2.05) is 20.8 Å². The standard InChI is InChI=1S/C15H20O6/c1-5(2)15(18)7-6-8-10(20-8)14(4-19-14)13(6,3)9(16)11(15)21-12(7)17/h5-11,16,18H,4H2,1-3H3/t6?,7-,8+,9+,10+,11-,13-,14-,15+/m0/s1. The molecule has 0 aromatic rings. The van der Waals surface area contributed by atoms with Crippen LogP contribution in [0.4, 0.5) is 0 Å². The number of esters is 1. The second-order valence-electron chi connectivity index (χ2n) is 7.83. The normalized spacial score (nSPS) is 66.3. The molecule has 116 valence electrons. The van der Waals surface area contributed by atoms with Gasteiger partial charge in [0.2, 0.25) is 0 Å². The summed E-state index contributed by atoms with van der Waals surface area (Å²) < 4.78 is 16.9. The number of ether oxygens (including phenoxy) is 3. The SMILES string of the molecule is CC(C)[C@@]1(O)[C@@H]2C(=O)O[C@H]1[C@@H](O)[C@]1(C)C2[C@H]2O[C@H]2[C@@]12CO2. The van der Waals surface area contributed by atoms with Crippen molar-refractivity contribution in [3.63, 3.8) is 0 Å². The predicted octanol–water partition coefficient (Wildman–Crippen LogP) is -0.538. The van der Waals surface area contributed by atoms with E-state index in [-0.39, 0.29) is 24.0 Å². The molecule has 0 amide bonds. The van der Waals surface area contributed by atoms with Crippen LogP contribution in [0, 0.1) is 23.2 Å². The van der Waals surface area contributed by atoms with Gasteiger partial charge in [-0.25, -0.2) is 0 Å². The van der Waals surface area contributed by atoms with Gasteiger partial charge >= 0.3 is 5.97 Å². The molecule has 3 saturated heterocycles. The highest BCUT2D eigenvalue weighted by Gasteiger charge is 2.90. The third-order valence-corrected chi connectivity index (χ3v) is 7.03. The van der Waals surface area contributed by atoms with Crippen molar-refractivity contribution in [3.8, 4) is 0 Å². The van der Waals surface area contributed by atoms with Crippen LogP contribution in [-0.2, 0) is 19.0 Å². The van der Waals surface area contributed by atoms with Gasteiger partial charge in [-0.05, 0) is 5.92 Å². The first-order chi connectivity index (χ1) is 9.80. The highest BCUT2D eigenvalue weighted by molar-refractivity contribution is 5.79. The molecular formula is C15H20O6. The largest absolute Gasteiger partial charge is 0.456 e. The van der Waals surface area contributed by atoms with Crippen LogP contribution in [0.3, 0.4) is 0 Å². The Hall–Kier alpha value is -0.690. The second kappa shape index (κ2) is 3.15. The maximum atomic E-state index is 12.4. The molecule has 0 aromatic carbocycles. The molecule has 2 saturated carbocycles. The molecule has 2 aliphatic carbocycles. The van der Waals surface area contributed by atoms with Crippen LogP contribution >= 0.6 is 0 Å². The van der Waals surface area contributed by atoms with Crippen LogP contribution < -0.4 is 0 Å². The van der Waals surface area contributed by atoms with E-state index in [2.05, 4.69) is 0 Å². The number of carbonyl (C=O) groups is 1. The van der Waals surface area contributed by atoms with Crippen molar-refractivity contribution >= 4 is 5.97 Å². The van der Waals surface area contributed by atoms with E-state index < -0.39 is 40.7 Å². The number of aliphatic hydroxyl groups is 2. The van der Waals surface area contributed by atoms with Crippen molar-refractivity contribution in [2.45, 2.75) is 56.4 Å². The summed E-state index contributed by atoms with van der Waals surface area (Å²) >= 11 is 0. The number of hydrogen-bond acceptors (Lipinski definition) is 6. The molecule has 5 fully saturated rings. The van der Waals surface area contributed by atoms with Crippen molar-refractivity contribution in [1.82, 2.24) is 0 Å². The van der Waals surface area contributed by atoms with Gasteiger partial charge in [0.15, 0.2) is 6.10 Å². The van der Waals surface area contributed by atoms with Gasteiger partial charge in [-0.2, -0.15) is 0 Å². The Labute approximate surface area is 122 Å². The van der Waals surface area contributed by atoms with Crippen LogP contribution in [0.15, 0.2) is 0 Å². The first kappa shape index (κ1) is 12.8. The Morgan fingerprint density at radius 2 is 2.00 bits per heavy atom. The molecule has 0 radical (unpaired) electrons. The van der Waals surface area contributed by atoms with Crippen LogP contribution in [0.1, 0.15) is 20.8 Å². The summed E-state index contributed by atoms with van der Waals surface area (Å²) in [5.41, 5.74) is -2.43. The summed E-state index contributed by atoms with van der Waals surface area (Å²) in [6.45, 7) is 6.24. The molecule has 6 nitrogen and oxygen atoms in total. The molecule has 6 heteroatoms. The summed E-state index contributed by atoms with van der Waals surface area (Å²) in [6, 6.07) is 0. The fourth-order valence-corrected chi connectivity index (χ4v) is 5.65. The van der Waals surface area contributed by atoms with Crippen LogP contribution in [-0.4, -0.2) is 58.4 Å². The molecule has 9 atom stereocenters. The molecule has 1 unspecified atom stereocenters. The maximum absolute atomic E-state index is 12.4. The highest BCUT2D eigenvalue weighted by atomic mass is 16.7. The van der Waals surface area contributed by atoms with Gasteiger partial charge in [0.05, 0.1) is 18.6 Å². The summed E-state index contributed by atoms with van der Waals surface area (Å²) in [5.74, 6) is -1.49. The van der Waals surface area contributed by atoms with E-state index in [1.54, 1.807) is 0 Å². The predicted molar refractivity (Wildman–Crippen MR) is 68.1 cm³/mol. The quantitative estimate of drug-likeness (QED) is 0.499. The van der Waals surface area contributed by atoms with Gasteiger partial charge in [0.1, 0.15) is 23.4 Å². The van der Waals surface area contributed by atoms with Crippen molar-refractivity contribution < 1.29 is 29.2 Å². The molecule has 3 aliphatic heterocycles. The molecule has 21 heavy (non-hydrogen) atoms. The Morgan fingerprint density at radius 1 is 1.33 bits per heavy atom. The second-order valence-corrected chi connectivity index (χ2v) is 7.83. The first-order valence-corrected chi connectivity index (χ1v) is 7.70. The van der Waals surface area contributed by atoms with E-state index in [1.165, 1.54) is 0 Å². The minimum atomic E-state index is -1.34. The Morgan fingerprint density at radius 3 is 2.57 bits per heavy atom. The van der Waals surface area contributed by atoms with Crippen LogP contribution in [0.5, 0.6) is 0 Å². The number of hydrogen-bond donors (Lipinski definition) is 2. The van der Waals surface area contributed by atoms with E-state index >= 15 is 0 Å². The fourth-order valence-electron chi connectivity index (χ4n) is 5.65. The zero-order chi connectivity index (χ0) is 14.9. The molecule has 0 aromatic heterocycles. The lowest BCUT2D eigenvalue weighted by molar-refractivity contribution is -0.226. The third kappa shape index (κ3) is 1.02. The van der Waals surface area contributed by atoms with Crippen molar-refractivity contribution in [2.75, 3.05) is 6.61 Å². The average molecular weight is 296 g/mol. The van der Waals surface area contributed by atoms with E-state index in [9.17, 15) is 15.0 Å². The van der Waals surface area contributed by atoms with Gasteiger partial charge in [0.25, 0.3) is 0 Å². The summed E-state index contributed by atoms with van der Waals surface area (Å²) in [7, 11) is 0. The summed E-state index contributed by atoms with van der Waals surface area (Å²) in [5, 5.41) is 22.1. The molecule has 2 bridgehead atoms. The third-order valence-electron chi connectivity index (χ3n) is 7.03. The minimum Gasteiger partial charge on any atom is -0.456 e. The zero-order valence-corrected chi connectivity index (χ0v) is 12.3. The van der Waals surface area contributed by atoms with Gasteiger partial charge in [0, 0.05) is 11.3 Å². The lowest BCUT2D eigenvalue weighted by atomic mass is 9.52. The zero-order valence-electron chi connectivity index (χ0n) is 12.3. The lowest BCUT2D eigenvalue weighted by Gasteiger charge is -2.53. The number of aliphatic hydroxyl groups excluding tert-OH is 1. The van der Waals surface area contributed by atoms with Crippen molar-refractivity contribution in [3.05, 3.63) is 0 Å². The molecular weight excluding hydrogens is 276 g/mol. The minimum absolute atomic E-state index is 0.0503. The first-order valence-electron chi connectivity index (χ1n) is 7.70. The van der Waals surface area contributed by atoms with Gasteiger partial charge in [-0.3, -0.25) is 4.79 Å². The number of rotatable bonds is 1. The van der Waals surface area contributed by atoms with E-state index in [0.29, 0.717) is 6.61 Å². The van der Waals surface area contributed by atoms with Gasteiger partial charge in [-0.1, -0.05) is 20.8 Å². The molecule has 1 spiro atoms. The van der Waals surface area contributed by atoms with E-state index in [4.69, 9.17) is 14.2 Å². The van der Waals surface area contributed by atoms with Crippen molar-refractivity contribution in [2.24, 2.45) is 23.2 Å².